The topological polar surface area (TPSA) is 35.0 Å². The van der Waals surface area contributed by atoms with Gasteiger partial charge in [0.25, 0.3) is 0 Å². The van der Waals surface area contributed by atoms with E-state index < -0.39 is 0 Å². The molecule has 0 radical (unpaired) electrons. The van der Waals surface area contributed by atoms with Crippen LogP contribution >= 0.6 is 11.6 Å². The van der Waals surface area contributed by atoms with E-state index in [0.29, 0.717) is 11.1 Å². The molecule has 2 rings (SSSR count). The fraction of sp³-hybridized carbons (Fsp3) is 0.500. The van der Waals surface area contributed by atoms with Gasteiger partial charge in [-0.1, -0.05) is 11.6 Å². The van der Waals surface area contributed by atoms with E-state index in [1.54, 1.807) is 12.3 Å². The van der Waals surface area contributed by atoms with Crippen LogP contribution in [0.25, 0.3) is 0 Å². The molecule has 0 bridgehead atoms. The molecule has 64 valence electrons. The lowest BCUT2D eigenvalue weighted by atomic mass is 10.1. The third kappa shape index (κ3) is 1.57. The van der Waals surface area contributed by atoms with E-state index in [2.05, 4.69) is 9.97 Å². The van der Waals surface area contributed by atoms with Crippen molar-refractivity contribution in [3.05, 3.63) is 23.2 Å². The lowest BCUT2D eigenvalue weighted by molar-refractivity contribution is 0.193. The van der Waals surface area contributed by atoms with E-state index in [1.165, 1.54) is 0 Å². The van der Waals surface area contributed by atoms with E-state index >= 15 is 0 Å². The van der Waals surface area contributed by atoms with Gasteiger partial charge in [-0.15, -0.1) is 0 Å². The fourth-order valence-electron chi connectivity index (χ4n) is 1.29. The van der Waals surface area contributed by atoms with Gasteiger partial charge in [0.1, 0.15) is 11.0 Å². The van der Waals surface area contributed by atoms with Crippen LogP contribution in [0.15, 0.2) is 12.3 Å². The minimum atomic E-state index is 0.337. The van der Waals surface area contributed by atoms with Crippen molar-refractivity contribution in [2.24, 2.45) is 0 Å². The predicted octanol–water partition coefficient (Wildman–Crippen LogP) is 1.63. The van der Waals surface area contributed by atoms with Crippen LogP contribution in [0.2, 0.25) is 5.15 Å². The van der Waals surface area contributed by atoms with E-state index in [0.717, 1.165) is 25.5 Å². The average Bonchev–Trinajstić information content (AvgIpc) is 2.56. The molecule has 1 saturated heterocycles. The van der Waals surface area contributed by atoms with Crippen LogP contribution in [0.3, 0.4) is 0 Å². The smallest absolute Gasteiger partial charge is 0.135 e. The van der Waals surface area contributed by atoms with Gasteiger partial charge in [-0.2, -0.15) is 0 Å². The number of rotatable bonds is 1. The molecular weight excluding hydrogens is 176 g/mol. The molecule has 3 nitrogen and oxygen atoms in total. The second-order valence-electron chi connectivity index (χ2n) is 2.80. The zero-order valence-corrected chi connectivity index (χ0v) is 7.29. The van der Waals surface area contributed by atoms with Gasteiger partial charge in [-0.25, -0.2) is 9.97 Å². The van der Waals surface area contributed by atoms with Gasteiger partial charge in [-0.3, -0.25) is 0 Å². The van der Waals surface area contributed by atoms with Crippen molar-refractivity contribution in [2.75, 3.05) is 13.2 Å². The summed E-state index contributed by atoms with van der Waals surface area (Å²) in [4.78, 5) is 8.28. The van der Waals surface area contributed by atoms with E-state index in [-0.39, 0.29) is 0 Å². The van der Waals surface area contributed by atoms with E-state index in [1.807, 2.05) is 0 Å². The number of halogens is 1. The molecule has 12 heavy (non-hydrogen) atoms. The maximum Gasteiger partial charge on any atom is 0.135 e. The molecule has 0 aromatic carbocycles. The highest BCUT2D eigenvalue weighted by atomic mass is 35.5. The molecule has 1 unspecified atom stereocenters. The molecule has 4 heteroatoms. The number of nitrogens with zero attached hydrogens (tertiary/aromatic N) is 2. The van der Waals surface area contributed by atoms with E-state index in [9.17, 15) is 0 Å². The molecule has 1 atom stereocenters. The number of aromatic nitrogens is 2. The summed E-state index contributed by atoms with van der Waals surface area (Å²) < 4.78 is 5.23. The first-order valence-corrected chi connectivity index (χ1v) is 4.30. The maximum atomic E-state index is 5.73. The Morgan fingerprint density at radius 1 is 1.58 bits per heavy atom. The second kappa shape index (κ2) is 3.37. The van der Waals surface area contributed by atoms with Crippen LogP contribution in [0.1, 0.15) is 18.2 Å². The number of hydrogen-bond donors (Lipinski definition) is 0. The standard InChI is InChI=1S/C8H9ClN2O/c9-7-1-3-10-8(11-7)6-2-4-12-5-6/h1,3,6H,2,4-5H2. The normalized spacial score (nSPS) is 22.9. The maximum absolute atomic E-state index is 5.73. The minimum absolute atomic E-state index is 0.337. The van der Waals surface area contributed by atoms with Gasteiger partial charge in [0, 0.05) is 18.7 Å². The Labute approximate surface area is 75.7 Å². The van der Waals surface area contributed by atoms with Crippen LogP contribution in [0.5, 0.6) is 0 Å². The van der Waals surface area contributed by atoms with Gasteiger partial charge >= 0.3 is 0 Å². The predicted molar refractivity (Wildman–Crippen MR) is 45.2 cm³/mol. The summed E-state index contributed by atoms with van der Waals surface area (Å²) in [7, 11) is 0. The third-order valence-corrected chi connectivity index (χ3v) is 2.15. The molecule has 0 aliphatic carbocycles. The molecule has 1 aliphatic rings. The van der Waals surface area contributed by atoms with Crippen LogP contribution in [0.4, 0.5) is 0 Å². The lowest BCUT2D eigenvalue weighted by Gasteiger charge is -2.04. The third-order valence-electron chi connectivity index (χ3n) is 1.94. The minimum Gasteiger partial charge on any atom is -0.381 e. The molecule has 1 aliphatic heterocycles. The average molecular weight is 185 g/mol. The summed E-state index contributed by atoms with van der Waals surface area (Å²) in [5.41, 5.74) is 0. The zero-order chi connectivity index (χ0) is 8.39. The van der Waals surface area contributed by atoms with Crippen molar-refractivity contribution >= 4 is 11.6 Å². The van der Waals surface area contributed by atoms with Crippen LogP contribution in [-0.2, 0) is 4.74 Å². The molecule has 0 spiro atoms. The van der Waals surface area contributed by atoms with Crippen molar-refractivity contribution in [1.29, 1.82) is 0 Å². The summed E-state index contributed by atoms with van der Waals surface area (Å²) in [5.74, 6) is 1.14. The molecule has 0 amide bonds. The Bertz CT molecular complexity index is 274. The van der Waals surface area contributed by atoms with E-state index in [4.69, 9.17) is 16.3 Å². The number of hydrogen-bond acceptors (Lipinski definition) is 3. The monoisotopic (exact) mass is 184 g/mol. The first-order chi connectivity index (χ1) is 5.86. The van der Waals surface area contributed by atoms with Gasteiger partial charge in [0.2, 0.25) is 0 Å². The summed E-state index contributed by atoms with van der Waals surface area (Å²) in [6.45, 7) is 1.53. The quantitative estimate of drug-likeness (QED) is 0.623. The lowest BCUT2D eigenvalue weighted by Crippen LogP contribution is -2.03. The van der Waals surface area contributed by atoms with Gasteiger partial charge < -0.3 is 4.74 Å². The first kappa shape index (κ1) is 7.95. The molecule has 0 N–H and O–H groups in total. The van der Waals surface area contributed by atoms with Crippen molar-refractivity contribution in [2.45, 2.75) is 12.3 Å². The molecule has 1 fully saturated rings. The molecule has 1 aromatic rings. The second-order valence-corrected chi connectivity index (χ2v) is 3.19. The first-order valence-electron chi connectivity index (χ1n) is 3.92. The van der Waals surface area contributed by atoms with Crippen LogP contribution in [-0.4, -0.2) is 23.2 Å². The highest BCUT2D eigenvalue weighted by Gasteiger charge is 2.20. The Kier molecular flexibility index (Phi) is 2.23. The largest absolute Gasteiger partial charge is 0.381 e. The molecule has 2 heterocycles. The van der Waals surface area contributed by atoms with Gasteiger partial charge in [-0.05, 0) is 12.5 Å². The Morgan fingerprint density at radius 2 is 2.50 bits per heavy atom. The zero-order valence-electron chi connectivity index (χ0n) is 6.53. The fourth-order valence-corrected chi connectivity index (χ4v) is 1.43. The highest BCUT2D eigenvalue weighted by Crippen LogP contribution is 2.22. The number of ether oxygens (including phenoxy) is 1. The molecular formula is C8H9ClN2O. The Hall–Kier alpha value is -0.670. The van der Waals surface area contributed by atoms with Crippen molar-refractivity contribution in [3.8, 4) is 0 Å². The summed E-state index contributed by atoms with van der Waals surface area (Å²) in [6.07, 6.45) is 2.68. The van der Waals surface area contributed by atoms with Gasteiger partial charge in [0.15, 0.2) is 0 Å². The highest BCUT2D eigenvalue weighted by molar-refractivity contribution is 6.29. The Morgan fingerprint density at radius 3 is 3.17 bits per heavy atom. The van der Waals surface area contributed by atoms with Crippen molar-refractivity contribution in [3.63, 3.8) is 0 Å². The van der Waals surface area contributed by atoms with Crippen LogP contribution < -0.4 is 0 Å². The summed E-state index contributed by atoms with van der Waals surface area (Å²) in [6, 6.07) is 1.68. The van der Waals surface area contributed by atoms with Crippen molar-refractivity contribution in [1.82, 2.24) is 9.97 Å². The summed E-state index contributed by atoms with van der Waals surface area (Å²) >= 11 is 5.73. The van der Waals surface area contributed by atoms with Crippen molar-refractivity contribution < 1.29 is 4.74 Å². The SMILES string of the molecule is Clc1ccnc(C2CCOC2)n1. The molecule has 0 saturated carbocycles. The van der Waals surface area contributed by atoms with Crippen LogP contribution in [0, 0.1) is 0 Å². The molecule has 1 aromatic heterocycles. The van der Waals surface area contributed by atoms with Gasteiger partial charge in [0.05, 0.1) is 6.61 Å². The summed E-state index contributed by atoms with van der Waals surface area (Å²) in [5, 5.41) is 0.506. The Balaban J connectivity index is 2.21.